The fourth-order valence-electron chi connectivity index (χ4n) is 3.90. The summed E-state index contributed by atoms with van der Waals surface area (Å²) in [4.78, 5) is 57.4. The van der Waals surface area contributed by atoms with E-state index in [4.69, 9.17) is 4.74 Å². The van der Waals surface area contributed by atoms with Gasteiger partial charge in [-0.15, -0.1) is 0 Å². The van der Waals surface area contributed by atoms with Crippen LogP contribution in [0.4, 0.5) is 0 Å². The van der Waals surface area contributed by atoms with Crippen LogP contribution in [0, 0.1) is 11.8 Å². The molecule has 0 unspecified atom stereocenters. The molecule has 0 radical (unpaired) electrons. The maximum atomic E-state index is 12.4. The fourth-order valence-corrected chi connectivity index (χ4v) is 3.90. The minimum Gasteiger partial charge on any atom is -0.454 e. The van der Waals surface area contributed by atoms with Gasteiger partial charge in [0.25, 0.3) is 5.56 Å². The minimum absolute atomic E-state index is 0.00209. The molecule has 1 aliphatic heterocycles. The van der Waals surface area contributed by atoms with Crippen LogP contribution in [0.1, 0.15) is 38.1 Å². The summed E-state index contributed by atoms with van der Waals surface area (Å²) >= 11 is 0. The van der Waals surface area contributed by atoms with Crippen molar-refractivity contribution >= 4 is 28.7 Å². The number of benzene rings is 1. The van der Waals surface area contributed by atoms with Crippen molar-refractivity contribution in [3.8, 4) is 0 Å². The Kier molecular flexibility index (Phi) is 5.00. The zero-order chi connectivity index (χ0) is 20.5. The molecule has 1 aromatic heterocycles. The molecule has 8 nitrogen and oxygen atoms in total. The zero-order valence-corrected chi connectivity index (χ0v) is 16.0. The average molecular weight is 395 g/mol. The molecule has 1 aromatic carbocycles. The molecule has 1 saturated heterocycles. The van der Waals surface area contributed by atoms with Crippen molar-refractivity contribution in [3.63, 3.8) is 0 Å². The van der Waals surface area contributed by atoms with Gasteiger partial charge in [-0.2, -0.15) is 0 Å². The SMILES string of the molecule is C[C@H](OC(=O)CCN1C(=O)[C@H]2CC=CC[C@H]2C1=O)c1nc2ccccc2c(=O)[nH]1. The smallest absolute Gasteiger partial charge is 0.308 e. The van der Waals surface area contributed by atoms with Gasteiger partial charge >= 0.3 is 5.97 Å². The second-order valence-electron chi connectivity index (χ2n) is 7.33. The van der Waals surface area contributed by atoms with Crippen LogP contribution in [-0.4, -0.2) is 39.2 Å². The highest BCUT2D eigenvalue weighted by Gasteiger charge is 2.46. The lowest BCUT2D eigenvalue weighted by atomic mass is 9.85. The molecule has 3 atom stereocenters. The first-order valence-corrected chi connectivity index (χ1v) is 9.64. The number of rotatable bonds is 5. The van der Waals surface area contributed by atoms with Gasteiger partial charge in [-0.05, 0) is 31.9 Å². The number of nitrogens with one attached hydrogen (secondary N) is 1. The largest absolute Gasteiger partial charge is 0.454 e. The molecule has 2 heterocycles. The molecule has 1 fully saturated rings. The molecule has 1 aliphatic carbocycles. The topological polar surface area (TPSA) is 109 Å². The number of esters is 1. The third-order valence-electron chi connectivity index (χ3n) is 5.46. The summed E-state index contributed by atoms with van der Waals surface area (Å²) < 4.78 is 5.36. The van der Waals surface area contributed by atoms with Gasteiger partial charge in [0.1, 0.15) is 0 Å². The second-order valence-corrected chi connectivity index (χ2v) is 7.33. The Morgan fingerprint density at radius 2 is 1.83 bits per heavy atom. The fraction of sp³-hybridized carbons (Fsp3) is 0.381. The number of carbonyl (C=O) groups is 3. The van der Waals surface area contributed by atoms with Crippen molar-refractivity contribution in [1.29, 1.82) is 0 Å². The summed E-state index contributed by atoms with van der Waals surface area (Å²) in [5, 5.41) is 0.455. The highest BCUT2D eigenvalue weighted by atomic mass is 16.5. The van der Waals surface area contributed by atoms with E-state index in [9.17, 15) is 19.2 Å². The number of imide groups is 1. The van der Waals surface area contributed by atoms with Crippen LogP contribution in [0.2, 0.25) is 0 Å². The maximum Gasteiger partial charge on any atom is 0.308 e. The van der Waals surface area contributed by atoms with Crippen LogP contribution in [0.25, 0.3) is 10.9 Å². The lowest BCUT2D eigenvalue weighted by molar-refractivity contribution is -0.150. The van der Waals surface area contributed by atoms with Crippen molar-refractivity contribution in [2.75, 3.05) is 6.54 Å². The number of carbonyl (C=O) groups excluding carboxylic acids is 3. The first kappa shape index (κ1) is 19.0. The number of fused-ring (bicyclic) bond motifs is 2. The number of para-hydroxylation sites is 1. The van der Waals surface area contributed by atoms with Crippen LogP contribution in [-0.2, 0) is 19.1 Å². The predicted octanol–water partition coefficient (Wildman–Crippen LogP) is 1.87. The number of H-pyrrole nitrogens is 1. The first-order chi connectivity index (χ1) is 14.0. The summed E-state index contributed by atoms with van der Waals surface area (Å²) in [7, 11) is 0. The van der Waals surface area contributed by atoms with Gasteiger partial charge in [0.05, 0.1) is 29.2 Å². The van der Waals surface area contributed by atoms with E-state index in [1.165, 1.54) is 4.90 Å². The number of aromatic nitrogens is 2. The van der Waals surface area contributed by atoms with Crippen LogP contribution < -0.4 is 5.56 Å². The maximum absolute atomic E-state index is 12.4. The molecule has 0 spiro atoms. The molecule has 0 saturated carbocycles. The lowest BCUT2D eigenvalue weighted by Gasteiger charge is -2.16. The Morgan fingerprint density at radius 1 is 1.17 bits per heavy atom. The molecule has 29 heavy (non-hydrogen) atoms. The highest BCUT2D eigenvalue weighted by molar-refractivity contribution is 6.05. The Balaban J connectivity index is 1.38. The van der Waals surface area contributed by atoms with Crippen LogP contribution in [0.3, 0.4) is 0 Å². The molecule has 1 N–H and O–H groups in total. The third kappa shape index (κ3) is 3.57. The number of amides is 2. The zero-order valence-electron chi connectivity index (χ0n) is 16.0. The van der Waals surface area contributed by atoms with E-state index >= 15 is 0 Å². The summed E-state index contributed by atoms with van der Waals surface area (Å²) in [6.45, 7) is 1.61. The van der Waals surface area contributed by atoms with Gasteiger partial charge in [-0.1, -0.05) is 24.3 Å². The predicted molar refractivity (Wildman–Crippen MR) is 104 cm³/mol. The van der Waals surface area contributed by atoms with Crippen LogP contribution in [0.15, 0.2) is 41.2 Å². The average Bonchev–Trinajstić information content (AvgIpc) is 2.97. The molecule has 0 bridgehead atoms. The van der Waals surface area contributed by atoms with Crippen molar-refractivity contribution < 1.29 is 19.1 Å². The number of nitrogens with zero attached hydrogens (tertiary/aromatic N) is 2. The number of hydrogen-bond acceptors (Lipinski definition) is 6. The van der Waals surface area contributed by atoms with Gasteiger partial charge in [0, 0.05) is 6.54 Å². The van der Waals surface area contributed by atoms with E-state index in [0.29, 0.717) is 23.7 Å². The molecule has 150 valence electrons. The molecular weight excluding hydrogens is 374 g/mol. The standard InChI is InChI=1S/C21H21N3O5/c1-12(18-22-16-9-5-4-8-15(16)19(26)23-18)29-17(25)10-11-24-20(27)13-6-2-3-7-14(13)21(24)28/h2-5,8-9,12-14H,6-7,10-11H2,1H3,(H,22,23,26)/t12-,13-,14+/m0/s1. The monoisotopic (exact) mass is 395 g/mol. The summed E-state index contributed by atoms with van der Waals surface area (Å²) in [5.74, 6) is -1.38. The summed E-state index contributed by atoms with van der Waals surface area (Å²) in [6, 6.07) is 6.89. The number of ether oxygens (including phenoxy) is 1. The van der Waals surface area contributed by atoms with Crippen molar-refractivity contribution in [2.24, 2.45) is 11.8 Å². The van der Waals surface area contributed by atoms with E-state index in [1.807, 2.05) is 12.2 Å². The summed E-state index contributed by atoms with van der Waals surface area (Å²) in [6.07, 6.45) is 4.10. The molecule has 2 aromatic rings. The Hall–Kier alpha value is -3.29. The molecule has 2 amide bonds. The number of allylic oxidation sites excluding steroid dienone is 2. The molecule has 8 heteroatoms. The quantitative estimate of drug-likeness (QED) is 0.470. The van der Waals surface area contributed by atoms with Gasteiger partial charge in [-0.3, -0.25) is 24.1 Å². The Labute approximate surface area is 166 Å². The first-order valence-electron chi connectivity index (χ1n) is 9.64. The lowest BCUT2D eigenvalue weighted by Crippen LogP contribution is -2.33. The van der Waals surface area contributed by atoms with E-state index in [0.717, 1.165) is 0 Å². The third-order valence-corrected chi connectivity index (χ3v) is 5.46. The number of aromatic amines is 1. The second kappa shape index (κ2) is 7.62. The van der Waals surface area contributed by atoms with E-state index < -0.39 is 12.1 Å². The molecule has 4 rings (SSSR count). The van der Waals surface area contributed by atoms with E-state index in [2.05, 4.69) is 9.97 Å². The van der Waals surface area contributed by atoms with Crippen molar-refractivity contribution in [2.45, 2.75) is 32.3 Å². The van der Waals surface area contributed by atoms with Crippen LogP contribution in [0.5, 0.6) is 0 Å². The van der Waals surface area contributed by atoms with Gasteiger partial charge in [0.2, 0.25) is 11.8 Å². The number of likely N-dealkylation sites (tertiary alicyclic amines) is 1. The number of hydrogen-bond donors (Lipinski definition) is 1. The highest BCUT2D eigenvalue weighted by Crippen LogP contribution is 2.35. The molecule has 2 aliphatic rings. The van der Waals surface area contributed by atoms with E-state index in [-0.39, 0.29) is 48.0 Å². The van der Waals surface area contributed by atoms with Gasteiger partial charge in [0.15, 0.2) is 11.9 Å². The van der Waals surface area contributed by atoms with Crippen LogP contribution >= 0.6 is 0 Å². The molecular formula is C21H21N3O5. The van der Waals surface area contributed by atoms with Crippen molar-refractivity contribution in [3.05, 3.63) is 52.6 Å². The van der Waals surface area contributed by atoms with E-state index in [1.54, 1.807) is 31.2 Å². The minimum atomic E-state index is -0.767. The Bertz CT molecular complexity index is 1050. The van der Waals surface area contributed by atoms with Gasteiger partial charge < -0.3 is 9.72 Å². The normalized spacial score (nSPS) is 22.0. The van der Waals surface area contributed by atoms with Crippen molar-refractivity contribution in [1.82, 2.24) is 14.9 Å². The Morgan fingerprint density at radius 3 is 2.52 bits per heavy atom. The summed E-state index contributed by atoms with van der Waals surface area (Å²) in [5.41, 5.74) is 0.205. The van der Waals surface area contributed by atoms with Gasteiger partial charge in [-0.25, -0.2) is 4.98 Å².